The van der Waals surface area contributed by atoms with E-state index in [-0.39, 0.29) is 23.4 Å². The molecule has 0 heterocycles. The van der Waals surface area contributed by atoms with Crippen LogP contribution in [0.2, 0.25) is 0 Å². The highest BCUT2D eigenvalue weighted by Crippen LogP contribution is 2.29. The predicted octanol–water partition coefficient (Wildman–Crippen LogP) is 2.97. The van der Waals surface area contributed by atoms with Crippen LogP contribution in [0.1, 0.15) is 37.9 Å². The fourth-order valence-corrected chi connectivity index (χ4v) is 2.63. The summed E-state index contributed by atoms with van der Waals surface area (Å²) in [6.45, 7) is 4.47. The summed E-state index contributed by atoms with van der Waals surface area (Å²) in [5.41, 5.74) is 1.61. The van der Waals surface area contributed by atoms with Gasteiger partial charge in [0.15, 0.2) is 11.5 Å². The number of carbonyl (C=O) groups is 3. The third kappa shape index (κ3) is 6.49. The molecule has 2 rings (SSSR count). The van der Waals surface area contributed by atoms with Gasteiger partial charge in [-0.3, -0.25) is 14.4 Å². The molecule has 2 aromatic carbocycles. The van der Waals surface area contributed by atoms with E-state index in [4.69, 9.17) is 9.47 Å². The van der Waals surface area contributed by atoms with Crippen LogP contribution in [0.5, 0.6) is 11.5 Å². The molecule has 0 aliphatic rings. The molecule has 1 unspecified atom stereocenters. The average molecular weight is 396 g/mol. The molecule has 0 saturated carbocycles. The molecule has 2 amide bonds. The molecule has 0 radical (unpaired) electrons. The first kappa shape index (κ1) is 21.7. The number of esters is 1. The van der Waals surface area contributed by atoms with E-state index in [9.17, 15) is 14.4 Å². The van der Waals surface area contributed by atoms with E-state index >= 15 is 0 Å². The van der Waals surface area contributed by atoms with Crippen LogP contribution >= 0.6 is 0 Å². The highest BCUT2D eigenvalue weighted by molar-refractivity contribution is 6.01. The van der Waals surface area contributed by atoms with Crippen molar-refractivity contribution in [1.82, 2.24) is 10.6 Å². The Hall–Kier alpha value is -3.61. The molecule has 0 aromatic heterocycles. The number of nitrogens with one attached hydrogen (secondary N) is 2. The van der Waals surface area contributed by atoms with Crippen molar-refractivity contribution in [3.8, 4) is 11.5 Å². The molecule has 0 aliphatic carbocycles. The van der Waals surface area contributed by atoms with Gasteiger partial charge >= 0.3 is 5.97 Å². The molecule has 0 spiro atoms. The van der Waals surface area contributed by atoms with Gasteiger partial charge in [0.25, 0.3) is 5.91 Å². The summed E-state index contributed by atoms with van der Waals surface area (Å²) in [7, 11) is 1.44. The van der Waals surface area contributed by atoms with E-state index in [1.54, 1.807) is 18.2 Å². The molecule has 0 fully saturated rings. The second-order valence-electron chi connectivity index (χ2n) is 6.35. The highest BCUT2D eigenvalue weighted by Gasteiger charge is 2.16. The largest absolute Gasteiger partial charge is 0.493 e. The molecule has 1 atom stereocenters. The van der Waals surface area contributed by atoms with Crippen molar-refractivity contribution in [2.45, 2.75) is 26.8 Å². The minimum absolute atomic E-state index is 0.0857. The molecule has 7 nitrogen and oxygen atoms in total. The number of amides is 2. The first-order chi connectivity index (χ1) is 13.8. The summed E-state index contributed by atoms with van der Waals surface area (Å²) in [4.78, 5) is 35.5. The third-order valence-electron chi connectivity index (χ3n) is 3.95. The lowest BCUT2D eigenvalue weighted by Crippen LogP contribution is -2.35. The van der Waals surface area contributed by atoms with Crippen LogP contribution in [0.3, 0.4) is 0 Å². The number of rotatable bonds is 7. The third-order valence-corrected chi connectivity index (χ3v) is 3.95. The van der Waals surface area contributed by atoms with Crippen molar-refractivity contribution in [3.63, 3.8) is 0 Å². The van der Waals surface area contributed by atoms with Gasteiger partial charge in [0.2, 0.25) is 5.91 Å². The number of benzene rings is 2. The first-order valence-electron chi connectivity index (χ1n) is 9.01. The minimum atomic E-state index is -0.472. The normalized spacial score (nSPS) is 11.9. The number of carbonyl (C=O) groups excluding carboxylic acids is 3. The zero-order valence-electron chi connectivity index (χ0n) is 16.8. The van der Waals surface area contributed by atoms with Crippen molar-refractivity contribution in [3.05, 3.63) is 65.4 Å². The van der Waals surface area contributed by atoms with Gasteiger partial charge in [0, 0.05) is 13.8 Å². The van der Waals surface area contributed by atoms with Crippen molar-refractivity contribution in [2.24, 2.45) is 0 Å². The quantitative estimate of drug-likeness (QED) is 0.426. The number of methoxy groups -OCH3 is 1. The van der Waals surface area contributed by atoms with Crippen LogP contribution in [0.15, 0.2) is 54.2 Å². The van der Waals surface area contributed by atoms with Gasteiger partial charge in [-0.1, -0.05) is 36.4 Å². The zero-order chi connectivity index (χ0) is 21.4. The maximum Gasteiger partial charge on any atom is 0.308 e. The number of hydrogen-bond donors (Lipinski definition) is 2. The second-order valence-corrected chi connectivity index (χ2v) is 6.35. The molecular weight excluding hydrogens is 372 g/mol. The second kappa shape index (κ2) is 10.1. The van der Waals surface area contributed by atoms with E-state index in [0.29, 0.717) is 11.3 Å². The maximum absolute atomic E-state index is 12.7. The van der Waals surface area contributed by atoms with Gasteiger partial charge < -0.3 is 20.1 Å². The maximum atomic E-state index is 12.7. The van der Waals surface area contributed by atoms with Crippen LogP contribution in [0.25, 0.3) is 6.08 Å². The fraction of sp³-hybridized carbons (Fsp3) is 0.227. The van der Waals surface area contributed by atoms with E-state index in [1.165, 1.54) is 27.0 Å². The summed E-state index contributed by atoms with van der Waals surface area (Å²) in [6, 6.07) is 14.1. The lowest BCUT2D eigenvalue weighted by atomic mass is 10.1. The lowest BCUT2D eigenvalue weighted by molar-refractivity contribution is -0.132. The summed E-state index contributed by atoms with van der Waals surface area (Å²) in [5, 5.41) is 5.42. The Morgan fingerprint density at radius 2 is 1.69 bits per heavy atom. The van der Waals surface area contributed by atoms with Crippen molar-refractivity contribution >= 4 is 23.9 Å². The van der Waals surface area contributed by atoms with Gasteiger partial charge in [-0.25, -0.2) is 0 Å². The van der Waals surface area contributed by atoms with Gasteiger partial charge in [0.05, 0.1) is 13.2 Å². The lowest BCUT2D eigenvalue weighted by Gasteiger charge is -2.16. The molecule has 0 bridgehead atoms. The standard InChI is InChI=1S/C22H24N2O5/c1-14(18-8-6-5-7-9-18)23-22(27)19(24-15(2)25)12-17-10-11-20(29-16(3)26)21(13-17)28-4/h5-14H,1-4H3,(H,23,27)(H,24,25)/b19-12-. The van der Waals surface area contributed by atoms with E-state index < -0.39 is 11.9 Å². The van der Waals surface area contributed by atoms with Crippen LogP contribution in [0.4, 0.5) is 0 Å². The Morgan fingerprint density at radius 3 is 2.28 bits per heavy atom. The smallest absolute Gasteiger partial charge is 0.308 e. The summed E-state index contributed by atoms with van der Waals surface area (Å²) < 4.78 is 10.3. The molecule has 2 aromatic rings. The Balaban J connectivity index is 2.28. The molecular formula is C22H24N2O5. The summed E-state index contributed by atoms with van der Waals surface area (Å²) >= 11 is 0. The van der Waals surface area contributed by atoms with E-state index in [0.717, 1.165) is 5.56 Å². The Labute approximate surface area is 169 Å². The Bertz CT molecular complexity index is 922. The zero-order valence-corrected chi connectivity index (χ0v) is 16.8. The molecule has 152 valence electrons. The van der Waals surface area contributed by atoms with Gasteiger partial charge in [-0.2, -0.15) is 0 Å². The van der Waals surface area contributed by atoms with Crippen molar-refractivity contribution in [1.29, 1.82) is 0 Å². The van der Waals surface area contributed by atoms with Gasteiger partial charge in [0.1, 0.15) is 5.70 Å². The van der Waals surface area contributed by atoms with Crippen LogP contribution in [0, 0.1) is 0 Å². The SMILES string of the molecule is COc1cc(/C=C(\NC(C)=O)C(=O)NC(C)c2ccccc2)ccc1OC(C)=O. The van der Waals surface area contributed by atoms with E-state index in [1.807, 2.05) is 37.3 Å². The average Bonchev–Trinajstić information content (AvgIpc) is 2.68. The van der Waals surface area contributed by atoms with Gasteiger partial charge in [-0.05, 0) is 36.3 Å². The molecule has 2 N–H and O–H groups in total. The summed E-state index contributed by atoms with van der Waals surface area (Å²) in [5.74, 6) is -0.684. The first-order valence-corrected chi connectivity index (χ1v) is 9.01. The van der Waals surface area contributed by atoms with Crippen molar-refractivity contribution < 1.29 is 23.9 Å². The minimum Gasteiger partial charge on any atom is -0.493 e. The van der Waals surface area contributed by atoms with Crippen molar-refractivity contribution in [2.75, 3.05) is 7.11 Å². The fourth-order valence-electron chi connectivity index (χ4n) is 2.63. The Kier molecular flexibility index (Phi) is 7.54. The van der Waals surface area contributed by atoms with Crippen LogP contribution in [-0.4, -0.2) is 24.9 Å². The number of ether oxygens (including phenoxy) is 2. The molecule has 29 heavy (non-hydrogen) atoms. The number of hydrogen-bond acceptors (Lipinski definition) is 5. The topological polar surface area (TPSA) is 93.7 Å². The van der Waals surface area contributed by atoms with E-state index in [2.05, 4.69) is 10.6 Å². The van der Waals surface area contributed by atoms with Gasteiger partial charge in [-0.15, -0.1) is 0 Å². The highest BCUT2D eigenvalue weighted by atomic mass is 16.6. The predicted molar refractivity (Wildman–Crippen MR) is 109 cm³/mol. The molecule has 7 heteroatoms. The molecule has 0 saturated heterocycles. The van der Waals surface area contributed by atoms with Crippen LogP contribution in [-0.2, 0) is 14.4 Å². The van der Waals surface area contributed by atoms with Crippen LogP contribution < -0.4 is 20.1 Å². The summed E-state index contributed by atoms with van der Waals surface area (Å²) in [6.07, 6.45) is 1.52. The Morgan fingerprint density at radius 1 is 1.00 bits per heavy atom. The monoisotopic (exact) mass is 396 g/mol. The molecule has 0 aliphatic heterocycles.